The van der Waals surface area contributed by atoms with Gasteiger partial charge >= 0.3 is 0 Å². The van der Waals surface area contributed by atoms with Crippen LogP contribution >= 0.6 is 0 Å². The fourth-order valence-electron chi connectivity index (χ4n) is 3.03. The van der Waals surface area contributed by atoms with Gasteiger partial charge in [-0.25, -0.2) is 0 Å². The van der Waals surface area contributed by atoms with E-state index in [2.05, 4.69) is 18.2 Å². The van der Waals surface area contributed by atoms with Gasteiger partial charge < -0.3 is 14.2 Å². The van der Waals surface area contributed by atoms with E-state index in [4.69, 9.17) is 14.2 Å². The zero-order chi connectivity index (χ0) is 14.0. The Morgan fingerprint density at radius 2 is 2.05 bits per heavy atom. The normalized spacial score (nSPS) is 20.4. The summed E-state index contributed by atoms with van der Waals surface area (Å²) < 4.78 is 16.7. The molecule has 1 fully saturated rings. The molecule has 0 spiro atoms. The fraction of sp³-hybridized carbons (Fsp3) is 0.529. The standard InChI is InChI=1S/C17H22O3/c1-17(19-10-11-20-17)9-8-13-4-3-5-14-12-15(18-2)6-7-16(13)14/h4,6-7,12H,3,5,8-11H2,1-2H3. The van der Waals surface area contributed by atoms with Gasteiger partial charge in [0, 0.05) is 6.42 Å². The Morgan fingerprint density at radius 3 is 2.80 bits per heavy atom. The maximum absolute atomic E-state index is 5.69. The molecule has 0 N–H and O–H groups in total. The van der Waals surface area contributed by atoms with Gasteiger partial charge in [0.05, 0.1) is 20.3 Å². The molecule has 108 valence electrons. The van der Waals surface area contributed by atoms with Crippen molar-refractivity contribution in [2.45, 2.75) is 38.4 Å². The van der Waals surface area contributed by atoms with E-state index in [1.807, 2.05) is 13.0 Å². The van der Waals surface area contributed by atoms with Crippen LogP contribution < -0.4 is 4.74 Å². The summed E-state index contributed by atoms with van der Waals surface area (Å²) in [5.41, 5.74) is 4.16. The largest absolute Gasteiger partial charge is 0.497 e. The molecule has 1 heterocycles. The van der Waals surface area contributed by atoms with E-state index in [1.165, 1.54) is 16.7 Å². The van der Waals surface area contributed by atoms with Gasteiger partial charge in [0.2, 0.25) is 0 Å². The van der Waals surface area contributed by atoms with Crippen molar-refractivity contribution < 1.29 is 14.2 Å². The minimum absolute atomic E-state index is 0.398. The van der Waals surface area contributed by atoms with Crippen LogP contribution in [0.25, 0.3) is 5.57 Å². The molecular formula is C17H22O3. The van der Waals surface area contributed by atoms with Crippen molar-refractivity contribution in [3.05, 3.63) is 35.4 Å². The first-order valence-corrected chi connectivity index (χ1v) is 7.34. The quantitative estimate of drug-likeness (QED) is 0.840. The van der Waals surface area contributed by atoms with E-state index in [0.29, 0.717) is 13.2 Å². The van der Waals surface area contributed by atoms with E-state index < -0.39 is 5.79 Å². The topological polar surface area (TPSA) is 27.7 Å². The van der Waals surface area contributed by atoms with Crippen molar-refractivity contribution in [3.63, 3.8) is 0 Å². The minimum atomic E-state index is -0.398. The molecule has 3 rings (SSSR count). The van der Waals surface area contributed by atoms with Crippen LogP contribution in [-0.4, -0.2) is 26.1 Å². The summed E-state index contributed by atoms with van der Waals surface area (Å²) in [6.07, 6.45) is 6.46. The predicted octanol–water partition coefficient (Wildman–Crippen LogP) is 3.57. The fourth-order valence-corrected chi connectivity index (χ4v) is 3.03. The lowest BCUT2D eigenvalue weighted by Gasteiger charge is -2.25. The van der Waals surface area contributed by atoms with Crippen LogP contribution in [0.15, 0.2) is 24.3 Å². The highest BCUT2D eigenvalue weighted by molar-refractivity contribution is 5.70. The average molecular weight is 274 g/mol. The molecule has 2 aliphatic rings. The zero-order valence-electron chi connectivity index (χ0n) is 12.3. The van der Waals surface area contributed by atoms with Gasteiger partial charge in [-0.3, -0.25) is 0 Å². The van der Waals surface area contributed by atoms with Crippen LogP contribution in [0.2, 0.25) is 0 Å². The van der Waals surface area contributed by atoms with Crippen molar-refractivity contribution in [1.29, 1.82) is 0 Å². The number of methoxy groups -OCH3 is 1. The lowest BCUT2D eigenvalue weighted by Crippen LogP contribution is -2.25. The number of allylic oxidation sites excluding steroid dienone is 2. The molecular weight excluding hydrogens is 252 g/mol. The number of aryl methyl sites for hydroxylation is 1. The maximum atomic E-state index is 5.69. The molecule has 20 heavy (non-hydrogen) atoms. The summed E-state index contributed by atoms with van der Waals surface area (Å²) in [7, 11) is 1.72. The van der Waals surface area contributed by atoms with Crippen molar-refractivity contribution >= 4 is 5.57 Å². The van der Waals surface area contributed by atoms with Gasteiger partial charge in [-0.1, -0.05) is 12.1 Å². The molecule has 3 nitrogen and oxygen atoms in total. The average Bonchev–Trinajstić information content (AvgIpc) is 2.91. The van der Waals surface area contributed by atoms with Gasteiger partial charge in [-0.15, -0.1) is 0 Å². The summed E-state index contributed by atoms with van der Waals surface area (Å²) in [6, 6.07) is 6.38. The van der Waals surface area contributed by atoms with E-state index in [0.717, 1.165) is 31.4 Å². The number of fused-ring (bicyclic) bond motifs is 1. The van der Waals surface area contributed by atoms with E-state index in [-0.39, 0.29) is 0 Å². The third-order valence-electron chi connectivity index (χ3n) is 4.21. The van der Waals surface area contributed by atoms with Gasteiger partial charge in [0.25, 0.3) is 0 Å². The number of ether oxygens (including phenoxy) is 3. The highest BCUT2D eigenvalue weighted by Crippen LogP contribution is 2.35. The Kier molecular flexibility index (Phi) is 3.81. The van der Waals surface area contributed by atoms with Crippen LogP contribution in [-0.2, 0) is 15.9 Å². The SMILES string of the molecule is COc1ccc2c(c1)CCC=C2CCC1(C)OCCO1. The molecule has 0 bridgehead atoms. The molecule has 0 atom stereocenters. The third kappa shape index (κ3) is 2.74. The molecule has 0 radical (unpaired) electrons. The van der Waals surface area contributed by atoms with Crippen LogP contribution in [0.5, 0.6) is 5.75 Å². The van der Waals surface area contributed by atoms with E-state index in [9.17, 15) is 0 Å². The summed E-state index contributed by atoms with van der Waals surface area (Å²) in [4.78, 5) is 0. The molecule has 0 unspecified atom stereocenters. The number of hydrogen-bond donors (Lipinski definition) is 0. The van der Waals surface area contributed by atoms with Crippen LogP contribution in [0, 0.1) is 0 Å². The first-order chi connectivity index (χ1) is 9.70. The van der Waals surface area contributed by atoms with Crippen LogP contribution in [0.4, 0.5) is 0 Å². The first kappa shape index (κ1) is 13.7. The molecule has 1 aliphatic carbocycles. The summed E-state index contributed by atoms with van der Waals surface area (Å²) >= 11 is 0. The molecule has 1 aromatic carbocycles. The second-order valence-corrected chi connectivity index (χ2v) is 5.62. The molecule has 3 heteroatoms. The van der Waals surface area contributed by atoms with Crippen LogP contribution in [0.3, 0.4) is 0 Å². The Bertz CT molecular complexity index is 513. The maximum Gasteiger partial charge on any atom is 0.166 e. The van der Waals surface area contributed by atoms with Crippen molar-refractivity contribution in [3.8, 4) is 5.75 Å². The number of hydrogen-bond acceptors (Lipinski definition) is 3. The predicted molar refractivity (Wildman–Crippen MR) is 78.8 cm³/mol. The highest BCUT2D eigenvalue weighted by Gasteiger charge is 2.31. The first-order valence-electron chi connectivity index (χ1n) is 7.34. The lowest BCUT2D eigenvalue weighted by molar-refractivity contribution is -0.145. The molecule has 0 amide bonds. The van der Waals surface area contributed by atoms with Crippen LogP contribution in [0.1, 0.15) is 37.3 Å². The van der Waals surface area contributed by atoms with Gasteiger partial charge in [-0.2, -0.15) is 0 Å². The van der Waals surface area contributed by atoms with E-state index in [1.54, 1.807) is 7.11 Å². The van der Waals surface area contributed by atoms with Gasteiger partial charge in [-0.05, 0) is 55.0 Å². The highest BCUT2D eigenvalue weighted by atomic mass is 16.7. The number of benzene rings is 1. The Morgan fingerprint density at radius 1 is 1.25 bits per heavy atom. The molecule has 1 aromatic rings. The van der Waals surface area contributed by atoms with Gasteiger partial charge in [0.1, 0.15) is 5.75 Å². The minimum Gasteiger partial charge on any atom is -0.497 e. The monoisotopic (exact) mass is 274 g/mol. The third-order valence-corrected chi connectivity index (χ3v) is 4.21. The second kappa shape index (κ2) is 5.58. The summed E-state index contributed by atoms with van der Waals surface area (Å²) in [5.74, 6) is 0.546. The smallest absolute Gasteiger partial charge is 0.166 e. The zero-order valence-corrected chi connectivity index (χ0v) is 12.3. The molecule has 0 aromatic heterocycles. The molecule has 1 aliphatic heterocycles. The van der Waals surface area contributed by atoms with Crippen molar-refractivity contribution in [2.24, 2.45) is 0 Å². The second-order valence-electron chi connectivity index (χ2n) is 5.62. The Balaban J connectivity index is 1.73. The van der Waals surface area contributed by atoms with Gasteiger partial charge in [0.15, 0.2) is 5.79 Å². The molecule has 0 saturated carbocycles. The van der Waals surface area contributed by atoms with Crippen molar-refractivity contribution in [1.82, 2.24) is 0 Å². The number of rotatable bonds is 4. The Labute approximate surface area is 120 Å². The summed E-state index contributed by atoms with van der Waals surface area (Å²) in [6.45, 7) is 3.46. The summed E-state index contributed by atoms with van der Waals surface area (Å²) in [5, 5.41) is 0. The Hall–Kier alpha value is -1.32. The van der Waals surface area contributed by atoms with E-state index >= 15 is 0 Å². The lowest BCUT2D eigenvalue weighted by atomic mass is 9.87. The van der Waals surface area contributed by atoms with Crippen molar-refractivity contribution in [2.75, 3.05) is 20.3 Å². The molecule has 1 saturated heterocycles.